The Morgan fingerprint density at radius 2 is 1.83 bits per heavy atom. The largest absolute Gasteiger partial charge is 0.352 e. The van der Waals surface area contributed by atoms with Crippen molar-refractivity contribution in [1.82, 2.24) is 10.2 Å². The fraction of sp³-hybridized carbons (Fsp3) is 0.556. The quantitative estimate of drug-likeness (QED) is 0.841. The number of Topliss-reactive ketones (excluding diaryl/α,β-unsaturated/α-hetero) is 1. The van der Waals surface area contributed by atoms with Crippen LogP contribution in [0.3, 0.4) is 0 Å². The van der Waals surface area contributed by atoms with Crippen LogP contribution in [0.5, 0.6) is 0 Å². The van der Waals surface area contributed by atoms with Gasteiger partial charge in [0.2, 0.25) is 5.91 Å². The first-order valence-corrected chi connectivity index (χ1v) is 8.49. The normalized spacial score (nSPS) is 20.6. The number of rotatable bonds is 5. The Hall–Kier alpha value is -1.82. The summed E-state index contributed by atoms with van der Waals surface area (Å²) in [5, 5.41) is 2.99. The fourth-order valence-corrected chi connectivity index (χ4v) is 3.17. The number of piperidine rings is 1. The molecule has 3 rings (SSSR count). The highest BCUT2D eigenvalue weighted by molar-refractivity contribution is 5.98. The van der Waals surface area contributed by atoms with E-state index in [1.807, 2.05) is 11.8 Å². The second-order valence-corrected chi connectivity index (χ2v) is 6.76. The number of ketones is 1. The summed E-state index contributed by atoms with van der Waals surface area (Å²) in [5.74, 6) is -1.93. The lowest BCUT2D eigenvalue weighted by atomic mass is 9.88. The maximum atomic E-state index is 13.8. The Bertz CT molecular complexity index is 638. The molecule has 1 atom stereocenters. The van der Waals surface area contributed by atoms with Crippen LogP contribution < -0.4 is 5.32 Å². The van der Waals surface area contributed by atoms with Crippen LogP contribution in [0.1, 0.15) is 43.0 Å². The highest BCUT2D eigenvalue weighted by Crippen LogP contribution is 2.25. The predicted octanol–water partition coefficient (Wildman–Crippen LogP) is 2.53. The standard InChI is InChI=1S/C18H22F2N2O2/c1-11(18(24)21-14-3-4-14)22-8-6-12(7-9-22)17(23)15-10-13(19)2-5-16(15)20/h2,5,10-12,14H,3-4,6-9H2,1H3,(H,21,24)/t11-/m0/s1. The molecule has 1 aliphatic heterocycles. The second-order valence-electron chi connectivity index (χ2n) is 6.76. The number of hydrogen-bond acceptors (Lipinski definition) is 3. The monoisotopic (exact) mass is 336 g/mol. The van der Waals surface area contributed by atoms with Crippen LogP contribution in [0.2, 0.25) is 0 Å². The van der Waals surface area contributed by atoms with E-state index in [9.17, 15) is 18.4 Å². The highest BCUT2D eigenvalue weighted by Gasteiger charge is 2.33. The Morgan fingerprint density at radius 3 is 2.46 bits per heavy atom. The molecule has 6 heteroatoms. The van der Waals surface area contributed by atoms with Gasteiger partial charge >= 0.3 is 0 Å². The average molecular weight is 336 g/mol. The van der Waals surface area contributed by atoms with E-state index < -0.39 is 11.6 Å². The summed E-state index contributed by atoms with van der Waals surface area (Å²) in [6, 6.07) is 3.06. The zero-order chi connectivity index (χ0) is 17.3. The van der Waals surface area contributed by atoms with Crippen molar-refractivity contribution >= 4 is 11.7 Å². The van der Waals surface area contributed by atoms with Gasteiger partial charge < -0.3 is 5.32 Å². The molecule has 1 aromatic rings. The van der Waals surface area contributed by atoms with Gasteiger partial charge in [-0.15, -0.1) is 0 Å². The molecule has 4 nitrogen and oxygen atoms in total. The minimum Gasteiger partial charge on any atom is -0.352 e. The molecule has 0 aromatic heterocycles. The van der Waals surface area contributed by atoms with E-state index in [0.717, 1.165) is 31.0 Å². The predicted molar refractivity (Wildman–Crippen MR) is 85.6 cm³/mol. The van der Waals surface area contributed by atoms with E-state index in [-0.39, 0.29) is 29.2 Å². The van der Waals surface area contributed by atoms with E-state index in [0.29, 0.717) is 32.0 Å². The molecule has 2 aliphatic rings. The summed E-state index contributed by atoms with van der Waals surface area (Å²) >= 11 is 0. The van der Waals surface area contributed by atoms with Gasteiger partial charge in [0, 0.05) is 12.0 Å². The van der Waals surface area contributed by atoms with Crippen LogP contribution in [0, 0.1) is 17.6 Å². The van der Waals surface area contributed by atoms with Crippen molar-refractivity contribution < 1.29 is 18.4 Å². The van der Waals surface area contributed by atoms with Gasteiger partial charge in [0.1, 0.15) is 11.6 Å². The van der Waals surface area contributed by atoms with Crippen molar-refractivity contribution in [1.29, 1.82) is 0 Å². The first-order valence-electron chi connectivity index (χ1n) is 8.49. The molecule has 1 N–H and O–H groups in total. The van der Waals surface area contributed by atoms with Crippen molar-refractivity contribution in [3.05, 3.63) is 35.4 Å². The third kappa shape index (κ3) is 3.80. The van der Waals surface area contributed by atoms with Crippen LogP contribution in [0.15, 0.2) is 18.2 Å². The maximum absolute atomic E-state index is 13.8. The number of hydrogen-bond donors (Lipinski definition) is 1. The summed E-state index contributed by atoms with van der Waals surface area (Å²) in [5.41, 5.74) is -0.173. The van der Waals surface area contributed by atoms with E-state index in [1.165, 1.54) is 0 Å². The molecule has 1 heterocycles. The molecule has 0 spiro atoms. The third-order valence-electron chi connectivity index (χ3n) is 4.95. The summed E-state index contributed by atoms with van der Waals surface area (Å²) in [6.45, 7) is 3.07. The SMILES string of the molecule is C[C@@H](C(=O)NC1CC1)N1CCC(C(=O)c2cc(F)ccc2F)CC1. The number of halogens is 2. The number of benzene rings is 1. The molecule has 0 unspecified atom stereocenters. The number of amides is 1. The number of nitrogens with one attached hydrogen (secondary N) is 1. The van der Waals surface area contributed by atoms with Crippen LogP contribution in [0.25, 0.3) is 0 Å². The summed E-state index contributed by atoms with van der Waals surface area (Å²) in [6.07, 6.45) is 3.20. The Kier molecular flexibility index (Phi) is 4.94. The van der Waals surface area contributed by atoms with Crippen molar-refractivity contribution in [2.45, 2.75) is 44.7 Å². The summed E-state index contributed by atoms with van der Waals surface area (Å²) in [7, 11) is 0. The molecular weight excluding hydrogens is 314 g/mol. The topological polar surface area (TPSA) is 49.4 Å². The minimum atomic E-state index is -0.680. The minimum absolute atomic E-state index is 0.0263. The van der Waals surface area contributed by atoms with Crippen molar-refractivity contribution in [3.63, 3.8) is 0 Å². The Labute approximate surface area is 140 Å². The molecular formula is C18H22F2N2O2. The van der Waals surface area contributed by atoms with Crippen molar-refractivity contribution in [2.75, 3.05) is 13.1 Å². The van der Waals surface area contributed by atoms with Gasteiger partial charge in [-0.2, -0.15) is 0 Å². The molecule has 1 amide bonds. The zero-order valence-corrected chi connectivity index (χ0v) is 13.7. The molecule has 1 aliphatic carbocycles. The van der Waals surface area contributed by atoms with Crippen LogP contribution >= 0.6 is 0 Å². The van der Waals surface area contributed by atoms with Crippen molar-refractivity contribution in [2.24, 2.45) is 5.92 Å². The molecule has 1 saturated heterocycles. The first kappa shape index (κ1) is 17.0. The Morgan fingerprint density at radius 1 is 1.17 bits per heavy atom. The fourth-order valence-electron chi connectivity index (χ4n) is 3.17. The molecule has 24 heavy (non-hydrogen) atoms. The smallest absolute Gasteiger partial charge is 0.237 e. The summed E-state index contributed by atoms with van der Waals surface area (Å²) in [4.78, 5) is 26.6. The molecule has 130 valence electrons. The zero-order valence-electron chi connectivity index (χ0n) is 13.7. The van der Waals surface area contributed by atoms with Gasteiger partial charge in [0.15, 0.2) is 5.78 Å². The van der Waals surface area contributed by atoms with Crippen LogP contribution in [-0.4, -0.2) is 41.8 Å². The molecule has 0 radical (unpaired) electrons. The van der Waals surface area contributed by atoms with Crippen LogP contribution in [0.4, 0.5) is 8.78 Å². The Balaban J connectivity index is 1.57. The van der Waals surface area contributed by atoms with Gasteiger partial charge in [0.25, 0.3) is 0 Å². The van der Waals surface area contributed by atoms with Gasteiger partial charge in [-0.05, 0) is 63.9 Å². The van der Waals surface area contributed by atoms with Gasteiger partial charge in [-0.3, -0.25) is 14.5 Å². The van der Waals surface area contributed by atoms with Crippen LogP contribution in [-0.2, 0) is 4.79 Å². The lowest BCUT2D eigenvalue weighted by molar-refractivity contribution is -0.126. The number of likely N-dealkylation sites (tertiary alicyclic amines) is 1. The molecule has 2 fully saturated rings. The molecule has 1 saturated carbocycles. The third-order valence-corrected chi connectivity index (χ3v) is 4.95. The number of nitrogens with zero attached hydrogens (tertiary/aromatic N) is 1. The molecule has 0 bridgehead atoms. The summed E-state index contributed by atoms with van der Waals surface area (Å²) < 4.78 is 27.0. The van der Waals surface area contributed by atoms with E-state index >= 15 is 0 Å². The van der Waals surface area contributed by atoms with E-state index in [1.54, 1.807) is 0 Å². The number of carbonyl (C=O) groups is 2. The number of carbonyl (C=O) groups excluding carboxylic acids is 2. The van der Waals surface area contributed by atoms with Gasteiger partial charge in [-0.1, -0.05) is 0 Å². The van der Waals surface area contributed by atoms with Gasteiger partial charge in [-0.25, -0.2) is 8.78 Å². The molecule has 1 aromatic carbocycles. The second kappa shape index (κ2) is 6.97. The average Bonchev–Trinajstić information content (AvgIpc) is 3.40. The van der Waals surface area contributed by atoms with Gasteiger partial charge in [0.05, 0.1) is 11.6 Å². The van der Waals surface area contributed by atoms with E-state index in [4.69, 9.17) is 0 Å². The lowest BCUT2D eigenvalue weighted by Gasteiger charge is -2.34. The highest BCUT2D eigenvalue weighted by atomic mass is 19.1. The maximum Gasteiger partial charge on any atom is 0.237 e. The van der Waals surface area contributed by atoms with Crippen molar-refractivity contribution in [3.8, 4) is 0 Å². The lowest BCUT2D eigenvalue weighted by Crippen LogP contribution is -2.49. The first-order chi connectivity index (χ1) is 11.5. The van der Waals surface area contributed by atoms with E-state index in [2.05, 4.69) is 5.32 Å².